The number of nitriles is 1. The second-order valence-electron chi connectivity index (χ2n) is 5.02. The lowest BCUT2D eigenvalue weighted by Crippen LogP contribution is -2.39. The molecule has 1 fully saturated rings. The monoisotopic (exact) mass is 258 g/mol. The quantitative estimate of drug-likeness (QED) is 0.879. The molecule has 0 saturated carbocycles. The summed E-state index contributed by atoms with van der Waals surface area (Å²) >= 11 is 0. The fourth-order valence-electron chi connectivity index (χ4n) is 2.39. The van der Waals surface area contributed by atoms with Crippen molar-refractivity contribution in [3.63, 3.8) is 0 Å². The van der Waals surface area contributed by atoms with E-state index in [1.54, 1.807) is 6.07 Å². The molecule has 100 valence electrons. The van der Waals surface area contributed by atoms with Crippen LogP contribution < -0.4 is 5.32 Å². The number of aromatic nitrogens is 1. The Bertz CT molecular complexity index is 494. The van der Waals surface area contributed by atoms with Gasteiger partial charge in [-0.2, -0.15) is 5.26 Å². The Morgan fingerprint density at radius 1 is 1.68 bits per heavy atom. The summed E-state index contributed by atoms with van der Waals surface area (Å²) in [6, 6.07) is 5.11. The van der Waals surface area contributed by atoms with Crippen molar-refractivity contribution in [3.05, 3.63) is 29.6 Å². The first-order valence-electron chi connectivity index (χ1n) is 6.52. The number of piperidine rings is 1. The van der Waals surface area contributed by atoms with Crippen LogP contribution in [0.25, 0.3) is 0 Å². The van der Waals surface area contributed by atoms with Crippen LogP contribution in [-0.2, 0) is 0 Å². The molecule has 1 aliphatic heterocycles. The van der Waals surface area contributed by atoms with Gasteiger partial charge in [-0.15, -0.1) is 0 Å². The summed E-state index contributed by atoms with van der Waals surface area (Å²) in [5, 5.41) is 11.7. The lowest BCUT2D eigenvalue weighted by molar-refractivity contribution is 0.0932. The molecule has 2 heterocycles. The zero-order chi connectivity index (χ0) is 13.7. The van der Waals surface area contributed by atoms with Gasteiger partial charge in [-0.1, -0.05) is 0 Å². The van der Waals surface area contributed by atoms with Crippen molar-refractivity contribution in [2.75, 3.05) is 26.7 Å². The van der Waals surface area contributed by atoms with Gasteiger partial charge in [0.2, 0.25) is 0 Å². The van der Waals surface area contributed by atoms with Crippen molar-refractivity contribution in [1.29, 1.82) is 5.26 Å². The fourth-order valence-corrected chi connectivity index (χ4v) is 2.39. The summed E-state index contributed by atoms with van der Waals surface area (Å²) in [6.45, 7) is 2.82. The molecule has 1 aliphatic rings. The summed E-state index contributed by atoms with van der Waals surface area (Å²) < 4.78 is 0. The molecule has 1 aromatic rings. The van der Waals surface area contributed by atoms with Crippen molar-refractivity contribution in [2.24, 2.45) is 5.92 Å². The van der Waals surface area contributed by atoms with Gasteiger partial charge in [0, 0.05) is 19.3 Å². The van der Waals surface area contributed by atoms with Gasteiger partial charge < -0.3 is 10.2 Å². The highest BCUT2D eigenvalue weighted by atomic mass is 16.1. The van der Waals surface area contributed by atoms with Crippen LogP contribution in [0.2, 0.25) is 0 Å². The average Bonchev–Trinajstić information content (AvgIpc) is 2.45. The first-order chi connectivity index (χ1) is 9.19. The molecule has 2 rings (SSSR count). The average molecular weight is 258 g/mol. The van der Waals surface area contributed by atoms with E-state index in [1.807, 2.05) is 6.07 Å². The molecule has 0 aromatic carbocycles. The van der Waals surface area contributed by atoms with E-state index in [2.05, 4.69) is 22.2 Å². The van der Waals surface area contributed by atoms with E-state index >= 15 is 0 Å². The molecule has 1 amide bonds. The molecule has 1 unspecified atom stereocenters. The zero-order valence-corrected chi connectivity index (χ0v) is 11.1. The summed E-state index contributed by atoms with van der Waals surface area (Å²) in [5.41, 5.74) is 0.765. The lowest BCUT2D eigenvalue weighted by atomic mass is 9.98. The predicted octanol–water partition coefficient (Wildman–Crippen LogP) is 1.02. The highest BCUT2D eigenvalue weighted by Gasteiger charge is 2.18. The normalized spacial score (nSPS) is 19.7. The number of nitrogens with zero attached hydrogens (tertiary/aromatic N) is 3. The number of pyridine rings is 1. The standard InChI is InChI=1S/C14H18N4O/c1-18-6-2-3-12(10-18)9-17-14(19)13-7-11(8-15)4-5-16-13/h4-5,7,12H,2-3,6,9-10H2,1H3,(H,17,19). The topological polar surface area (TPSA) is 69.0 Å². The molecule has 1 atom stereocenters. The molecule has 19 heavy (non-hydrogen) atoms. The SMILES string of the molecule is CN1CCCC(CNC(=O)c2cc(C#N)ccn2)C1. The summed E-state index contributed by atoms with van der Waals surface area (Å²) in [4.78, 5) is 18.2. The third-order valence-corrected chi connectivity index (χ3v) is 3.40. The predicted molar refractivity (Wildman–Crippen MR) is 71.5 cm³/mol. The number of nitrogens with one attached hydrogen (secondary N) is 1. The van der Waals surface area contributed by atoms with Crippen molar-refractivity contribution in [3.8, 4) is 6.07 Å². The van der Waals surface area contributed by atoms with Gasteiger partial charge in [0.05, 0.1) is 11.6 Å². The molecule has 0 spiro atoms. The van der Waals surface area contributed by atoms with Crippen LogP contribution in [0.3, 0.4) is 0 Å². The smallest absolute Gasteiger partial charge is 0.269 e. The summed E-state index contributed by atoms with van der Waals surface area (Å²) in [6.07, 6.45) is 3.82. The van der Waals surface area contributed by atoms with Crippen LogP contribution >= 0.6 is 0 Å². The van der Waals surface area contributed by atoms with E-state index in [-0.39, 0.29) is 5.91 Å². The fraction of sp³-hybridized carbons (Fsp3) is 0.500. The van der Waals surface area contributed by atoms with Crippen LogP contribution in [0.15, 0.2) is 18.3 Å². The van der Waals surface area contributed by atoms with Crippen molar-refractivity contribution in [1.82, 2.24) is 15.2 Å². The second kappa shape index (κ2) is 6.30. The van der Waals surface area contributed by atoms with Gasteiger partial charge in [-0.25, -0.2) is 0 Å². The third kappa shape index (κ3) is 3.76. The second-order valence-corrected chi connectivity index (χ2v) is 5.02. The Balaban J connectivity index is 1.88. The molecule has 0 bridgehead atoms. The molecule has 1 aromatic heterocycles. The van der Waals surface area contributed by atoms with Crippen LogP contribution in [0, 0.1) is 17.2 Å². The molecule has 5 nitrogen and oxygen atoms in total. The van der Waals surface area contributed by atoms with Gasteiger partial charge in [0.15, 0.2) is 0 Å². The Kier molecular flexibility index (Phi) is 4.48. The maximum atomic E-state index is 11.9. The third-order valence-electron chi connectivity index (χ3n) is 3.40. The van der Waals surface area contributed by atoms with Gasteiger partial charge in [0.1, 0.15) is 5.69 Å². The van der Waals surface area contributed by atoms with Crippen LogP contribution in [0.1, 0.15) is 28.9 Å². The number of amides is 1. The molecule has 1 N–H and O–H groups in total. The largest absolute Gasteiger partial charge is 0.350 e. The highest BCUT2D eigenvalue weighted by molar-refractivity contribution is 5.92. The minimum atomic E-state index is -0.203. The van der Waals surface area contributed by atoms with Crippen LogP contribution in [0.4, 0.5) is 0 Å². The number of rotatable bonds is 3. The lowest BCUT2D eigenvalue weighted by Gasteiger charge is -2.29. The molecule has 0 aliphatic carbocycles. The molecular weight excluding hydrogens is 240 g/mol. The maximum Gasteiger partial charge on any atom is 0.269 e. The first kappa shape index (κ1) is 13.5. The number of carbonyl (C=O) groups is 1. The minimum absolute atomic E-state index is 0.203. The summed E-state index contributed by atoms with van der Waals surface area (Å²) in [7, 11) is 2.10. The summed E-state index contributed by atoms with van der Waals surface area (Å²) in [5.74, 6) is 0.298. The zero-order valence-electron chi connectivity index (χ0n) is 11.1. The van der Waals surface area contributed by atoms with E-state index < -0.39 is 0 Å². The van der Waals surface area contributed by atoms with E-state index in [0.717, 1.165) is 19.5 Å². The van der Waals surface area contributed by atoms with E-state index in [4.69, 9.17) is 5.26 Å². The number of hydrogen-bond acceptors (Lipinski definition) is 4. The van der Waals surface area contributed by atoms with Gasteiger partial charge >= 0.3 is 0 Å². The van der Waals surface area contributed by atoms with Crippen molar-refractivity contribution in [2.45, 2.75) is 12.8 Å². The van der Waals surface area contributed by atoms with Gasteiger partial charge in [-0.3, -0.25) is 9.78 Å². The van der Waals surface area contributed by atoms with E-state index in [0.29, 0.717) is 23.7 Å². The minimum Gasteiger partial charge on any atom is -0.350 e. The Labute approximate surface area is 113 Å². The molecule has 5 heteroatoms. The van der Waals surface area contributed by atoms with Gasteiger partial charge in [-0.05, 0) is 44.5 Å². The van der Waals surface area contributed by atoms with Crippen molar-refractivity contribution < 1.29 is 4.79 Å². The van der Waals surface area contributed by atoms with Crippen LogP contribution in [-0.4, -0.2) is 42.5 Å². The molecular formula is C14H18N4O. The molecule has 1 saturated heterocycles. The Morgan fingerprint density at radius 2 is 2.53 bits per heavy atom. The number of hydrogen-bond donors (Lipinski definition) is 1. The van der Waals surface area contributed by atoms with E-state index in [9.17, 15) is 4.79 Å². The highest BCUT2D eigenvalue weighted by Crippen LogP contribution is 2.14. The Hall–Kier alpha value is -1.93. The van der Waals surface area contributed by atoms with Crippen LogP contribution in [0.5, 0.6) is 0 Å². The molecule has 0 radical (unpaired) electrons. The Morgan fingerprint density at radius 3 is 3.26 bits per heavy atom. The van der Waals surface area contributed by atoms with Crippen molar-refractivity contribution >= 4 is 5.91 Å². The van der Waals surface area contributed by atoms with E-state index in [1.165, 1.54) is 18.7 Å². The number of likely N-dealkylation sites (tertiary alicyclic amines) is 1. The maximum absolute atomic E-state index is 11.9. The number of carbonyl (C=O) groups excluding carboxylic acids is 1. The van der Waals surface area contributed by atoms with Gasteiger partial charge in [0.25, 0.3) is 5.91 Å². The first-order valence-corrected chi connectivity index (χ1v) is 6.52.